The van der Waals surface area contributed by atoms with Gasteiger partial charge < -0.3 is 19.3 Å². The summed E-state index contributed by atoms with van der Waals surface area (Å²) in [5.41, 5.74) is 2.05. The smallest absolute Gasteiger partial charge is 0.223 e. The van der Waals surface area contributed by atoms with Crippen molar-refractivity contribution in [1.82, 2.24) is 24.9 Å². The number of imidazole rings is 1. The molecule has 3 heterocycles. The third kappa shape index (κ3) is 5.33. The molecule has 0 radical (unpaired) electrons. The zero-order valence-electron chi connectivity index (χ0n) is 18.4. The fraction of sp³-hybridized carbons (Fsp3) is 0.478. The van der Waals surface area contributed by atoms with E-state index >= 15 is 0 Å². The van der Waals surface area contributed by atoms with Crippen molar-refractivity contribution in [3.63, 3.8) is 0 Å². The molecule has 1 atom stereocenters. The Labute approximate surface area is 185 Å². The lowest BCUT2D eigenvalue weighted by Crippen LogP contribution is -2.41. The van der Waals surface area contributed by atoms with Gasteiger partial charge in [0.05, 0.1) is 17.6 Å². The maximum atomic E-state index is 13.3. The number of carbonyl (C=O) groups is 2. The van der Waals surface area contributed by atoms with Gasteiger partial charge in [-0.15, -0.1) is 0 Å². The van der Waals surface area contributed by atoms with E-state index in [2.05, 4.69) is 15.1 Å². The summed E-state index contributed by atoms with van der Waals surface area (Å²) in [6, 6.07) is 6.22. The van der Waals surface area contributed by atoms with Gasteiger partial charge in [0.1, 0.15) is 23.1 Å². The number of piperidine rings is 1. The number of hydrogen-bond donors (Lipinski definition) is 1. The number of rotatable bonds is 7. The highest BCUT2D eigenvalue weighted by atomic mass is 19.1. The molecule has 0 bridgehead atoms. The predicted octanol–water partition coefficient (Wildman–Crippen LogP) is 3.22. The van der Waals surface area contributed by atoms with Gasteiger partial charge in [-0.3, -0.25) is 9.59 Å². The van der Waals surface area contributed by atoms with Crippen molar-refractivity contribution in [3.8, 4) is 0 Å². The van der Waals surface area contributed by atoms with Crippen LogP contribution in [0.5, 0.6) is 0 Å². The van der Waals surface area contributed by atoms with Crippen molar-refractivity contribution in [3.05, 3.63) is 47.4 Å². The van der Waals surface area contributed by atoms with Crippen molar-refractivity contribution < 1.29 is 18.5 Å². The van der Waals surface area contributed by atoms with Gasteiger partial charge in [-0.25, -0.2) is 9.37 Å². The quantitative estimate of drug-likeness (QED) is 0.607. The molecule has 1 aliphatic heterocycles. The molecule has 0 saturated carbocycles. The van der Waals surface area contributed by atoms with E-state index in [0.29, 0.717) is 55.8 Å². The van der Waals surface area contributed by atoms with Crippen LogP contribution in [0.25, 0.3) is 11.0 Å². The molecule has 4 rings (SSSR count). The first kappa shape index (κ1) is 22.0. The molecule has 8 nitrogen and oxygen atoms in total. The van der Waals surface area contributed by atoms with E-state index in [1.165, 1.54) is 12.1 Å². The second kappa shape index (κ2) is 9.50. The monoisotopic (exact) mass is 441 g/mol. The van der Waals surface area contributed by atoms with Gasteiger partial charge in [0.25, 0.3) is 0 Å². The maximum Gasteiger partial charge on any atom is 0.223 e. The molecule has 170 valence electrons. The van der Waals surface area contributed by atoms with Gasteiger partial charge >= 0.3 is 0 Å². The molecule has 1 aromatic carbocycles. The molecular formula is C23H28FN5O3. The number of aromatic amines is 1. The molecule has 1 saturated heterocycles. The number of carbonyl (C=O) groups excluding carboxylic acids is 2. The molecule has 1 aliphatic rings. The van der Waals surface area contributed by atoms with Crippen LogP contribution in [0, 0.1) is 18.7 Å². The summed E-state index contributed by atoms with van der Waals surface area (Å²) in [7, 11) is 1.76. The van der Waals surface area contributed by atoms with E-state index in [1.54, 1.807) is 18.0 Å². The van der Waals surface area contributed by atoms with E-state index < -0.39 is 0 Å². The number of likely N-dealkylation sites (tertiary alicyclic amines) is 1. The first-order chi connectivity index (χ1) is 15.4. The minimum Gasteiger partial charge on any atom is -0.361 e. The number of benzene rings is 1. The number of fused-ring (bicyclic) bond motifs is 1. The van der Waals surface area contributed by atoms with E-state index in [9.17, 15) is 14.0 Å². The number of aryl methyl sites for hydroxylation is 2. The zero-order chi connectivity index (χ0) is 22.7. The molecule has 2 aromatic heterocycles. The summed E-state index contributed by atoms with van der Waals surface area (Å²) < 4.78 is 18.4. The van der Waals surface area contributed by atoms with Crippen molar-refractivity contribution in [2.75, 3.05) is 20.1 Å². The molecule has 3 aromatic rings. The Kier molecular flexibility index (Phi) is 6.53. The van der Waals surface area contributed by atoms with Crippen LogP contribution in [0.3, 0.4) is 0 Å². The fourth-order valence-electron chi connectivity index (χ4n) is 4.22. The molecule has 9 heteroatoms. The highest BCUT2D eigenvalue weighted by Gasteiger charge is 2.26. The topological polar surface area (TPSA) is 95.3 Å². The predicted molar refractivity (Wildman–Crippen MR) is 116 cm³/mol. The van der Waals surface area contributed by atoms with Gasteiger partial charge in [0.2, 0.25) is 11.8 Å². The molecule has 2 amide bonds. The summed E-state index contributed by atoms with van der Waals surface area (Å²) in [5, 5.41) is 3.94. The van der Waals surface area contributed by atoms with E-state index in [0.717, 1.165) is 24.3 Å². The van der Waals surface area contributed by atoms with Gasteiger partial charge in [-0.05, 0) is 43.9 Å². The van der Waals surface area contributed by atoms with Gasteiger partial charge in [0, 0.05) is 45.5 Å². The number of H-pyrrole nitrogens is 1. The largest absolute Gasteiger partial charge is 0.361 e. The Hall–Kier alpha value is -3.23. The number of nitrogens with zero attached hydrogens (tertiary/aromatic N) is 4. The Morgan fingerprint density at radius 1 is 1.34 bits per heavy atom. The third-order valence-electron chi connectivity index (χ3n) is 5.91. The first-order valence-electron chi connectivity index (χ1n) is 11.0. The second-order valence-corrected chi connectivity index (χ2v) is 8.58. The average Bonchev–Trinajstić information content (AvgIpc) is 3.37. The molecule has 0 aliphatic carbocycles. The highest BCUT2D eigenvalue weighted by molar-refractivity contribution is 5.78. The molecule has 0 spiro atoms. The van der Waals surface area contributed by atoms with E-state index in [4.69, 9.17) is 4.52 Å². The summed E-state index contributed by atoms with van der Waals surface area (Å²) >= 11 is 0. The average molecular weight is 442 g/mol. The minimum absolute atomic E-state index is 0.0412. The Balaban J connectivity index is 1.26. The normalized spacial score (nSPS) is 16.5. The maximum absolute atomic E-state index is 13.3. The number of halogens is 1. The van der Waals surface area contributed by atoms with Crippen LogP contribution in [0.4, 0.5) is 4.39 Å². The van der Waals surface area contributed by atoms with E-state index in [1.807, 2.05) is 17.9 Å². The number of nitrogens with one attached hydrogen (secondary N) is 1. The summed E-state index contributed by atoms with van der Waals surface area (Å²) in [4.78, 5) is 36.4. The summed E-state index contributed by atoms with van der Waals surface area (Å²) in [6.07, 6.45) is 3.02. The lowest BCUT2D eigenvalue weighted by molar-refractivity contribution is -0.136. The van der Waals surface area contributed by atoms with Crippen LogP contribution in [0.15, 0.2) is 28.8 Å². The third-order valence-corrected chi connectivity index (χ3v) is 5.91. The van der Waals surface area contributed by atoms with Crippen molar-refractivity contribution in [1.29, 1.82) is 0 Å². The van der Waals surface area contributed by atoms with Gasteiger partial charge in [-0.1, -0.05) is 5.16 Å². The molecular weight excluding hydrogens is 413 g/mol. The lowest BCUT2D eigenvalue weighted by Gasteiger charge is -2.33. The van der Waals surface area contributed by atoms with Crippen LogP contribution in [-0.2, 0) is 22.6 Å². The zero-order valence-corrected chi connectivity index (χ0v) is 18.4. The van der Waals surface area contributed by atoms with Crippen LogP contribution < -0.4 is 0 Å². The Morgan fingerprint density at radius 3 is 2.97 bits per heavy atom. The lowest BCUT2D eigenvalue weighted by atomic mass is 9.94. The molecule has 1 N–H and O–H groups in total. The van der Waals surface area contributed by atoms with Crippen LogP contribution in [0.1, 0.15) is 43.0 Å². The summed E-state index contributed by atoms with van der Waals surface area (Å²) in [6.45, 7) is 3.53. The standard InChI is InChI=1S/C23H28FN5O3/c1-15-10-18(27-32-15)14-28(2)23(31)11-16-4-3-9-29(13-16)22(30)8-7-21-25-19-6-5-17(24)12-20(19)26-21/h5-6,10,12,16H,3-4,7-9,11,13-14H2,1-2H3,(H,25,26)/t16-/m0/s1. The fourth-order valence-corrected chi connectivity index (χ4v) is 4.22. The Morgan fingerprint density at radius 2 is 2.19 bits per heavy atom. The summed E-state index contributed by atoms with van der Waals surface area (Å²) in [5.74, 6) is 1.32. The van der Waals surface area contributed by atoms with Gasteiger partial charge in [-0.2, -0.15) is 0 Å². The van der Waals surface area contributed by atoms with Crippen LogP contribution >= 0.6 is 0 Å². The van der Waals surface area contributed by atoms with Crippen molar-refractivity contribution >= 4 is 22.8 Å². The van der Waals surface area contributed by atoms with Crippen molar-refractivity contribution in [2.24, 2.45) is 5.92 Å². The minimum atomic E-state index is -0.320. The number of hydrogen-bond acceptors (Lipinski definition) is 5. The van der Waals surface area contributed by atoms with E-state index in [-0.39, 0.29) is 23.5 Å². The number of amides is 2. The SMILES string of the molecule is Cc1cc(CN(C)C(=O)C[C@@H]2CCCN(C(=O)CCc3nc4ccc(F)cc4[nH]3)C2)no1. The van der Waals surface area contributed by atoms with Crippen LogP contribution in [0.2, 0.25) is 0 Å². The molecule has 32 heavy (non-hydrogen) atoms. The van der Waals surface area contributed by atoms with Gasteiger partial charge in [0.15, 0.2) is 0 Å². The molecule has 1 fully saturated rings. The second-order valence-electron chi connectivity index (χ2n) is 8.58. The molecule has 0 unspecified atom stereocenters. The Bertz CT molecular complexity index is 1110. The first-order valence-corrected chi connectivity index (χ1v) is 11.0. The van der Waals surface area contributed by atoms with Crippen molar-refractivity contribution in [2.45, 2.75) is 45.6 Å². The number of aromatic nitrogens is 3. The highest BCUT2D eigenvalue weighted by Crippen LogP contribution is 2.22. The van der Waals surface area contributed by atoms with Crippen LogP contribution in [-0.4, -0.2) is 56.9 Å².